The molecule has 0 spiro atoms. The molecule has 2 N–H and O–H groups in total. The second-order valence-corrected chi connectivity index (χ2v) is 4.04. The Balaban J connectivity index is 2.55. The van der Waals surface area contributed by atoms with E-state index < -0.39 is 0 Å². The molecule has 1 aromatic rings. The van der Waals surface area contributed by atoms with Crippen molar-refractivity contribution >= 4 is 5.69 Å². The normalized spacial score (nSPS) is 10.6. The van der Waals surface area contributed by atoms with Crippen molar-refractivity contribution in [2.75, 3.05) is 39.6 Å². The van der Waals surface area contributed by atoms with Gasteiger partial charge < -0.3 is 20.1 Å². The molecule has 5 nitrogen and oxygen atoms in total. The van der Waals surface area contributed by atoms with E-state index in [4.69, 9.17) is 15.2 Å². The number of nitrogens with two attached hydrogens (primary N) is 1. The molecule has 96 valence electrons. The van der Waals surface area contributed by atoms with Crippen LogP contribution in [0.2, 0.25) is 0 Å². The zero-order valence-corrected chi connectivity index (χ0v) is 10.8. The fourth-order valence-electron chi connectivity index (χ4n) is 1.16. The summed E-state index contributed by atoms with van der Waals surface area (Å²) in [6, 6.07) is 3.51. The Morgan fingerprint density at radius 3 is 2.65 bits per heavy atom. The fraction of sp³-hybridized carbons (Fsp3) is 0.583. The van der Waals surface area contributed by atoms with E-state index in [1.54, 1.807) is 12.1 Å². The number of rotatable bonds is 7. The predicted octanol–water partition coefficient (Wildman–Crippen LogP) is 1.39. The van der Waals surface area contributed by atoms with Gasteiger partial charge in [0.25, 0.3) is 0 Å². The first-order chi connectivity index (χ1) is 8.13. The highest BCUT2D eigenvalue weighted by Gasteiger charge is 2.05. The number of hydrogen-bond acceptors (Lipinski definition) is 5. The lowest BCUT2D eigenvalue weighted by molar-refractivity contribution is 0.247. The maximum absolute atomic E-state index is 5.76. The summed E-state index contributed by atoms with van der Waals surface area (Å²) in [7, 11) is 3.99. The van der Waals surface area contributed by atoms with Crippen molar-refractivity contribution in [1.29, 1.82) is 0 Å². The number of nitrogen functional groups attached to an aromatic ring is 1. The largest absolute Gasteiger partial charge is 0.476 e. The quantitative estimate of drug-likeness (QED) is 0.779. The summed E-state index contributed by atoms with van der Waals surface area (Å²) in [5, 5.41) is 0. The molecule has 17 heavy (non-hydrogen) atoms. The third kappa shape index (κ3) is 4.91. The van der Waals surface area contributed by atoms with E-state index >= 15 is 0 Å². The SMILES string of the molecule is CCCOc1nc(OCCN(C)C)ccc1N. The van der Waals surface area contributed by atoms with Gasteiger partial charge in [-0.2, -0.15) is 4.98 Å². The summed E-state index contributed by atoms with van der Waals surface area (Å²) in [5.74, 6) is 1.00. The Morgan fingerprint density at radius 2 is 2.00 bits per heavy atom. The second kappa shape index (κ2) is 6.96. The molecule has 0 radical (unpaired) electrons. The van der Waals surface area contributed by atoms with Crippen LogP contribution in [0, 0.1) is 0 Å². The van der Waals surface area contributed by atoms with Crippen molar-refractivity contribution in [1.82, 2.24) is 9.88 Å². The van der Waals surface area contributed by atoms with Gasteiger partial charge in [0.2, 0.25) is 11.8 Å². The lowest BCUT2D eigenvalue weighted by atomic mass is 10.4. The minimum absolute atomic E-state index is 0.453. The maximum Gasteiger partial charge on any atom is 0.240 e. The van der Waals surface area contributed by atoms with Crippen LogP contribution in [-0.4, -0.2) is 43.7 Å². The second-order valence-electron chi connectivity index (χ2n) is 4.04. The van der Waals surface area contributed by atoms with E-state index in [9.17, 15) is 0 Å². The van der Waals surface area contributed by atoms with Gasteiger partial charge in [-0.15, -0.1) is 0 Å². The van der Waals surface area contributed by atoms with Crippen LogP contribution in [0.25, 0.3) is 0 Å². The first kappa shape index (κ1) is 13.6. The Hall–Kier alpha value is -1.49. The maximum atomic E-state index is 5.76. The Labute approximate surface area is 103 Å². The first-order valence-electron chi connectivity index (χ1n) is 5.80. The van der Waals surface area contributed by atoms with Gasteiger partial charge in [-0.05, 0) is 26.6 Å². The van der Waals surface area contributed by atoms with E-state index in [0.29, 0.717) is 30.7 Å². The number of pyridine rings is 1. The molecule has 0 aliphatic rings. The zero-order valence-electron chi connectivity index (χ0n) is 10.8. The molecule has 1 heterocycles. The molecule has 0 aliphatic heterocycles. The Morgan fingerprint density at radius 1 is 1.24 bits per heavy atom. The molecule has 0 bridgehead atoms. The molecule has 1 aromatic heterocycles. The topological polar surface area (TPSA) is 60.6 Å². The summed E-state index contributed by atoms with van der Waals surface area (Å²) < 4.78 is 10.9. The molecule has 1 rings (SSSR count). The zero-order chi connectivity index (χ0) is 12.7. The van der Waals surface area contributed by atoms with Crippen LogP contribution in [0.15, 0.2) is 12.1 Å². The number of likely N-dealkylation sites (N-methyl/N-ethyl adjacent to an activating group) is 1. The minimum Gasteiger partial charge on any atom is -0.476 e. The van der Waals surface area contributed by atoms with E-state index in [1.165, 1.54) is 0 Å². The van der Waals surface area contributed by atoms with Crippen molar-refractivity contribution in [3.05, 3.63) is 12.1 Å². The Kier molecular flexibility index (Phi) is 5.56. The lowest BCUT2D eigenvalue weighted by Crippen LogP contribution is -2.19. The molecule has 0 saturated carbocycles. The summed E-state index contributed by atoms with van der Waals surface area (Å²) in [5.41, 5.74) is 6.30. The van der Waals surface area contributed by atoms with Crippen LogP contribution in [0.3, 0.4) is 0 Å². The molecule has 0 aliphatic carbocycles. The van der Waals surface area contributed by atoms with Gasteiger partial charge in [0.1, 0.15) is 6.61 Å². The molecule has 5 heteroatoms. The lowest BCUT2D eigenvalue weighted by Gasteiger charge is -2.12. The number of aromatic nitrogens is 1. The van der Waals surface area contributed by atoms with E-state index in [0.717, 1.165) is 13.0 Å². The molecule has 0 atom stereocenters. The van der Waals surface area contributed by atoms with E-state index in [2.05, 4.69) is 4.98 Å². The van der Waals surface area contributed by atoms with Crippen LogP contribution < -0.4 is 15.2 Å². The third-order valence-corrected chi connectivity index (χ3v) is 2.10. The van der Waals surface area contributed by atoms with Gasteiger partial charge in [0.05, 0.1) is 12.3 Å². The number of anilines is 1. The first-order valence-corrected chi connectivity index (χ1v) is 5.80. The standard InChI is InChI=1S/C12H21N3O2/c1-4-8-17-12-10(13)5-6-11(14-12)16-9-7-15(2)3/h5-6H,4,7-9,13H2,1-3H3. The van der Waals surface area contributed by atoms with Gasteiger partial charge in [-0.3, -0.25) is 0 Å². The molecule has 0 saturated heterocycles. The van der Waals surface area contributed by atoms with E-state index in [1.807, 2.05) is 25.9 Å². The number of ether oxygens (including phenoxy) is 2. The van der Waals surface area contributed by atoms with Crippen molar-refractivity contribution in [3.63, 3.8) is 0 Å². The summed E-state index contributed by atoms with van der Waals surface area (Å²) >= 11 is 0. The van der Waals surface area contributed by atoms with Crippen LogP contribution in [0.1, 0.15) is 13.3 Å². The highest BCUT2D eigenvalue weighted by molar-refractivity contribution is 5.49. The smallest absolute Gasteiger partial charge is 0.240 e. The van der Waals surface area contributed by atoms with Gasteiger partial charge in [0.15, 0.2) is 0 Å². The van der Waals surface area contributed by atoms with Crippen molar-refractivity contribution in [2.24, 2.45) is 0 Å². The summed E-state index contributed by atoms with van der Waals surface area (Å²) in [4.78, 5) is 6.27. The van der Waals surface area contributed by atoms with Gasteiger partial charge >= 0.3 is 0 Å². The van der Waals surface area contributed by atoms with Crippen LogP contribution in [-0.2, 0) is 0 Å². The van der Waals surface area contributed by atoms with Gasteiger partial charge in [0, 0.05) is 12.6 Å². The minimum atomic E-state index is 0.453. The Bertz CT molecular complexity index is 343. The van der Waals surface area contributed by atoms with Crippen LogP contribution >= 0.6 is 0 Å². The monoisotopic (exact) mass is 239 g/mol. The average molecular weight is 239 g/mol. The molecule has 0 fully saturated rings. The number of hydrogen-bond donors (Lipinski definition) is 1. The van der Waals surface area contributed by atoms with E-state index in [-0.39, 0.29) is 0 Å². The highest BCUT2D eigenvalue weighted by atomic mass is 16.5. The molecule has 0 aromatic carbocycles. The third-order valence-electron chi connectivity index (χ3n) is 2.10. The van der Waals surface area contributed by atoms with Crippen molar-refractivity contribution in [2.45, 2.75) is 13.3 Å². The summed E-state index contributed by atoms with van der Waals surface area (Å²) in [6.07, 6.45) is 0.923. The van der Waals surface area contributed by atoms with Crippen LogP contribution in [0.4, 0.5) is 5.69 Å². The predicted molar refractivity (Wildman–Crippen MR) is 68.5 cm³/mol. The molecule has 0 amide bonds. The molecule has 0 unspecified atom stereocenters. The van der Waals surface area contributed by atoms with Gasteiger partial charge in [-0.25, -0.2) is 0 Å². The average Bonchev–Trinajstić information content (AvgIpc) is 2.29. The van der Waals surface area contributed by atoms with Crippen LogP contribution in [0.5, 0.6) is 11.8 Å². The highest BCUT2D eigenvalue weighted by Crippen LogP contribution is 2.22. The van der Waals surface area contributed by atoms with Crippen molar-refractivity contribution < 1.29 is 9.47 Å². The number of nitrogens with zero attached hydrogens (tertiary/aromatic N) is 2. The fourth-order valence-corrected chi connectivity index (χ4v) is 1.16. The summed E-state index contributed by atoms with van der Waals surface area (Å²) in [6.45, 7) is 4.08. The van der Waals surface area contributed by atoms with Gasteiger partial charge in [-0.1, -0.05) is 6.92 Å². The molecular formula is C12H21N3O2. The molecular weight excluding hydrogens is 218 g/mol. The van der Waals surface area contributed by atoms with Crippen molar-refractivity contribution in [3.8, 4) is 11.8 Å².